The molecule has 1 heterocycles. The predicted octanol–water partition coefficient (Wildman–Crippen LogP) is 4.30. The Morgan fingerprint density at radius 1 is 1.52 bits per heavy atom. The zero-order valence-corrected chi connectivity index (χ0v) is 14.6. The summed E-state index contributed by atoms with van der Waals surface area (Å²) in [7, 11) is 0. The van der Waals surface area contributed by atoms with Crippen molar-refractivity contribution in [3.8, 4) is 6.07 Å². The van der Waals surface area contributed by atoms with E-state index in [4.69, 9.17) is 23.8 Å². The van der Waals surface area contributed by atoms with E-state index >= 15 is 0 Å². The molecule has 2 rings (SSSR count). The van der Waals surface area contributed by atoms with Crippen LogP contribution in [0.1, 0.15) is 31.7 Å². The van der Waals surface area contributed by atoms with Crippen molar-refractivity contribution in [1.82, 2.24) is 5.32 Å². The van der Waals surface area contributed by atoms with E-state index in [9.17, 15) is 10.1 Å². The molecule has 0 unspecified atom stereocenters. The second kappa shape index (κ2) is 6.66. The number of halogens is 1. The van der Waals surface area contributed by atoms with Crippen molar-refractivity contribution in [1.29, 1.82) is 5.26 Å². The molecule has 1 aromatic rings. The molecular weight excluding hydrogens is 328 g/mol. The molecule has 0 spiro atoms. The molecule has 0 bridgehead atoms. The Hall–Kier alpha value is -1.96. The summed E-state index contributed by atoms with van der Waals surface area (Å²) in [5.41, 5.74) is 1.07. The molecule has 0 radical (unpaired) electrons. The summed E-state index contributed by atoms with van der Waals surface area (Å²) in [4.78, 5) is 12.7. The summed E-state index contributed by atoms with van der Waals surface area (Å²) >= 11 is 11.4. The zero-order valence-electron chi connectivity index (χ0n) is 13.0. The Kier molecular flexibility index (Phi) is 5.03. The molecule has 5 heteroatoms. The summed E-state index contributed by atoms with van der Waals surface area (Å²) in [5, 5.41) is 13.6. The molecule has 1 N–H and O–H groups in total. The molecule has 3 nitrogen and oxygen atoms in total. The minimum absolute atomic E-state index is 0.0823. The number of nitriles is 1. The number of rotatable bonds is 4. The van der Waals surface area contributed by atoms with Crippen LogP contribution >= 0.6 is 23.8 Å². The van der Waals surface area contributed by atoms with Gasteiger partial charge in [-0.05, 0) is 38.0 Å². The normalized spacial score (nSPS) is 23.9. The maximum atomic E-state index is 12.3. The van der Waals surface area contributed by atoms with Crippen LogP contribution in [0, 0.1) is 16.7 Å². The van der Waals surface area contributed by atoms with Gasteiger partial charge >= 0.3 is 0 Å². The van der Waals surface area contributed by atoms with Crippen LogP contribution in [-0.2, 0) is 4.79 Å². The minimum Gasteiger partial charge on any atom is -0.352 e. The van der Waals surface area contributed by atoms with Crippen LogP contribution in [0.2, 0.25) is 5.02 Å². The summed E-state index contributed by atoms with van der Waals surface area (Å²) in [6, 6.07) is 9.53. The highest BCUT2D eigenvalue weighted by molar-refractivity contribution is 7.80. The van der Waals surface area contributed by atoms with Gasteiger partial charge in [0.15, 0.2) is 5.78 Å². The summed E-state index contributed by atoms with van der Waals surface area (Å²) < 4.78 is 0. The van der Waals surface area contributed by atoms with Crippen LogP contribution in [0.4, 0.5) is 0 Å². The fourth-order valence-corrected chi connectivity index (χ4v) is 3.64. The number of carbonyl (C=O) groups excluding carboxylic acids is 1. The van der Waals surface area contributed by atoms with Gasteiger partial charge in [-0.15, -0.1) is 6.58 Å². The number of nitrogens with one attached hydrogen (secondary N) is 1. The number of carbonyl (C=O) groups is 1. The lowest BCUT2D eigenvalue weighted by Crippen LogP contribution is -2.48. The van der Waals surface area contributed by atoms with Crippen molar-refractivity contribution in [3.63, 3.8) is 0 Å². The maximum absolute atomic E-state index is 12.3. The van der Waals surface area contributed by atoms with E-state index in [1.807, 2.05) is 12.1 Å². The molecule has 1 aromatic carbocycles. The van der Waals surface area contributed by atoms with Gasteiger partial charge in [0.25, 0.3) is 0 Å². The quantitative estimate of drug-likeness (QED) is 0.653. The SMILES string of the molecule is C=CC[C@@]1(C#N)C(=S)NC(C)=C(C(C)=O)[C@H]1c1ccc(Cl)cc1. The highest BCUT2D eigenvalue weighted by atomic mass is 35.5. The first-order chi connectivity index (χ1) is 10.9. The van der Waals surface area contributed by atoms with Gasteiger partial charge in [0.2, 0.25) is 0 Å². The van der Waals surface area contributed by atoms with Crippen molar-refractivity contribution in [2.45, 2.75) is 26.2 Å². The summed E-state index contributed by atoms with van der Waals surface area (Å²) in [6.07, 6.45) is 2.02. The molecule has 0 saturated carbocycles. The average molecular weight is 345 g/mol. The number of allylic oxidation sites excluding steroid dienone is 3. The standard InChI is InChI=1S/C18H17ClN2OS/c1-4-9-18(10-20)16(13-5-7-14(19)8-6-13)15(12(3)22)11(2)21-17(18)23/h4-8,16H,1,9H2,2-3H3,(H,21,23)/t16-,18+/m1/s1. The van der Waals surface area contributed by atoms with Gasteiger partial charge < -0.3 is 5.32 Å². The number of Topliss-reactive ketones (excluding diaryl/α,β-unsaturated/α-hetero) is 1. The van der Waals surface area contributed by atoms with Gasteiger partial charge in [-0.3, -0.25) is 4.79 Å². The fraction of sp³-hybridized carbons (Fsp3) is 0.278. The van der Waals surface area contributed by atoms with E-state index in [1.54, 1.807) is 25.1 Å². The van der Waals surface area contributed by atoms with Crippen LogP contribution < -0.4 is 5.32 Å². The van der Waals surface area contributed by atoms with Gasteiger partial charge in [-0.2, -0.15) is 5.26 Å². The number of ketones is 1. The smallest absolute Gasteiger partial charge is 0.158 e. The van der Waals surface area contributed by atoms with Crippen LogP contribution in [0.5, 0.6) is 0 Å². The van der Waals surface area contributed by atoms with Gasteiger partial charge in [-0.25, -0.2) is 0 Å². The zero-order chi connectivity index (χ0) is 17.2. The average Bonchev–Trinajstić information content (AvgIpc) is 2.50. The van der Waals surface area contributed by atoms with Crippen molar-refractivity contribution >= 4 is 34.6 Å². The Morgan fingerprint density at radius 3 is 2.61 bits per heavy atom. The Labute approximate surface area is 146 Å². The molecule has 23 heavy (non-hydrogen) atoms. The third-order valence-corrected chi connectivity index (χ3v) is 4.86. The van der Waals surface area contributed by atoms with E-state index in [1.165, 1.54) is 6.92 Å². The molecule has 0 aliphatic carbocycles. The molecule has 1 aliphatic rings. The molecule has 2 atom stereocenters. The molecule has 118 valence electrons. The number of thiocarbonyl (C=S) groups is 1. The van der Waals surface area contributed by atoms with Crippen LogP contribution in [0.3, 0.4) is 0 Å². The molecule has 0 saturated heterocycles. The Balaban J connectivity index is 2.77. The van der Waals surface area contributed by atoms with Gasteiger partial charge in [0.05, 0.1) is 6.07 Å². The third-order valence-electron chi connectivity index (χ3n) is 4.14. The predicted molar refractivity (Wildman–Crippen MR) is 96.2 cm³/mol. The largest absolute Gasteiger partial charge is 0.352 e. The van der Waals surface area contributed by atoms with E-state index in [-0.39, 0.29) is 5.78 Å². The second-order valence-electron chi connectivity index (χ2n) is 5.61. The number of hydrogen-bond donors (Lipinski definition) is 1. The highest BCUT2D eigenvalue weighted by Crippen LogP contribution is 2.48. The van der Waals surface area contributed by atoms with E-state index in [0.717, 1.165) is 5.56 Å². The van der Waals surface area contributed by atoms with Crippen molar-refractivity contribution in [2.75, 3.05) is 0 Å². The molecule has 0 fully saturated rings. The van der Waals surface area contributed by atoms with E-state index < -0.39 is 11.3 Å². The van der Waals surface area contributed by atoms with Crippen LogP contribution in [0.15, 0.2) is 48.2 Å². The van der Waals surface area contributed by atoms with Gasteiger partial charge in [-0.1, -0.05) is 42.0 Å². The van der Waals surface area contributed by atoms with Crippen molar-refractivity contribution in [3.05, 3.63) is 58.8 Å². The first-order valence-corrected chi connectivity index (χ1v) is 7.96. The van der Waals surface area contributed by atoms with E-state index in [2.05, 4.69) is 18.0 Å². The Bertz CT molecular complexity index is 745. The molecule has 1 aliphatic heterocycles. The summed E-state index contributed by atoms with van der Waals surface area (Å²) in [5.74, 6) is -0.532. The van der Waals surface area contributed by atoms with E-state index in [0.29, 0.717) is 27.7 Å². The number of hydrogen-bond acceptors (Lipinski definition) is 3. The third kappa shape index (κ3) is 2.95. The minimum atomic E-state index is -1.04. The molecular formula is C18H17ClN2OS. The lowest BCUT2D eigenvalue weighted by molar-refractivity contribution is -0.114. The fourth-order valence-electron chi connectivity index (χ4n) is 3.12. The molecule has 0 aromatic heterocycles. The van der Waals surface area contributed by atoms with Gasteiger partial charge in [0, 0.05) is 22.2 Å². The maximum Gasteiger partial charge on any atom is 0.158 e. The second-order valence-corrected chi connectivity index (χ2v) is 6.45. The van der Waals surface area contributed by atoms with Crippen molar-refractivity contribution < 1.29 is 4.79 Å². The first kappa shape index (κ1) is 17.4. The number of benzene rings is 1. The van der Waals surface area contributed by atoms with Gasteiger partial charge in [0.1, 0.15) is 10.4 Å². The highest BCUT2D eigenvalue weighted by Gasteiger charge is 2.49. The summed E-state index contributed by atoms with van der Waals surface area (Å²) in [6.45, 7) is 7.07. The lowest BCUT2D eigenvalue weighted by Gasteiger charge is -2.41. The topological polar surface area (TPSA) is 52.9 Å². The van der Waals surface area contributed by atoms with Crippen LogP contribution in [0.25, 0.3) is 0 Å². The first-order valence-electron chi connectivity index (χ1n) is 7.18. The molecule has 0 amide bonds. The van der Waals surface area contributed by atoms with Crippen LogP contribution in [-0.4, -0.2) is 10.8 Å². The van der Waals surface area contributed by atoms with Crippen molar-refractivity contribution in [2.24, 2.45) is 5.41 Å². The monoisotopic (exact) mass is 344 g/mol. The number of nitrogens with zero attached hydrogens (tertiary/aromatic N) is 1. The lowest BCUT2D eigenvalue weighted by atomic mass is 9.64. The Morgan fingerprint density at radius 2 is 2.13 bits per heavy atom.